The molecule has 0 saturated heterocycles. The van der Waals surface area contributed by atoms with Gasteiger partial charge in [-0.3, -0.25) is 4.79 Å². The Bertz CT molecular complexity index is 433. The predicted molar refractivity (Wildman–Crippen MR) is 83.0 cm³/mol. The molecule has 0 spiro atoms. The summed E-state index contributed by atoms with van der Waals surface area (Å²) < 4.78 is 0. The van der Waals surface area contributed by atoms with Crippen LogP contribution < -0.4 is 11.5 Å². The van der Waals surface area contributed by atoms with Crippen molar-refractivity contribution in [3.8, 4) is 0 Å². The van der Waals surface area contributed by atoms with Gasteiger partial charge in [0.05, 0.1) is 0 Å². The monoisotopic (exact) mass is 277 g/mol. The number of benzene rings is 1. The van der Waals surface area contributed by atoms with Gasteiger partial charge in [0.25, 0.3) is 0 Å². The van der Waals surface area contributed by atoms with Crippen LogP contribution in [0.1, 0.15) is 32.8 Å². The van der Waals surface area contributed by atoms with E-state index in [1.165, 1.54) is 0 Å². The van der Waals surface area contributed by atoms with Crippen LogP contribution in [0.15, 0.2) is 30.3 Å². The predicted octanol–water partition coefficient (Wildman–Crippen LogP) is 1.69. The molecule has 4 heteroatoms. The van der Waals surface area contributed by atoms with E-state index in [4.69, 9.17) is 11.5 Å². The van der Waals surface area contributed by atoms with Gasteiger partial charge in [-0.15, -0.1) is 0 Å². The molecule has 0 saturated carbocycles. The van der Waals surface area contributed by atoms with E-state index in [9.17, 15) is 4.79 Å². The maximum Gasteiger partial charge on any atom is 0.242 e. The molecule has 0 aromatic heterocycles. The standard InChI is InChI=1S/C16H27N3O/c1-12(2)13(3)19(4)11-10-16(18,15(17)20)14-8-6-5-7-9-14/h5-9,12-13H,10-11,18H2,1-4H3,(H2,17,20). The van der Waals surface area contributed by atoms with Crippen LogP contribution in [0, 0.1) is 5.92 Å². The molecular weight excluding hydrogens is 250 g/mol. The Kier molecular flexibility index (Phi) is 5.72. The second-order valence-electron chi connectivity index (χ2n) is 5.92. The molecule has 1 aromatic rings. The zero-order valence-corrected chi connectivity index (χ0v) is 13.0. The van der Waals surface area contributed by atoms with Gasteiger partial charge in [-0.1, -0.05) is 44.2 Å². The van der Waals surface area contributed by atoms with E-state index in [2.05, 4.69) is 32.7 Å². The van der Waals surface area contributed by atoms with Gasteiger partial charge in [0, 0.05) is 12.6 Å². The van der Waals surface area contributed by atoms with Gasteiger partial charge in [0.15, 0.2) is 0 Å². The highest BCUT2D eigenvalue weighted by Crippen LogP contribution is 2.23. The van der Waals surface area contributed by atoms with Crippen molar-refractivity contribution in [2.45, 2.75) is 38.8 Å². The van der Waals surface area contributed by atoms with Crippen LogP contribution in [0.4, 0.5) is 0 Å². The van der Waals surface area contributed by atoms with E-state index < -0.39 is 11.4 Å². The van der Waals surface area contributed by atoms with Crippen molar-refractivity contribution in [1.82, 2.24) is 4.90 Å². The van der Waals surface area contributed by atoms with E-state index >= 15 is 0 Å². The number of amides is 1. The second kappa shape index (κ2) is 6.86. The number of rotatable bonds is 7. The zero-order chi connectivity index (χ0) is 15.3. The van der Waals surface area contributed by atoms with Crippen molar-refractivity contribution in [3.63, 3.8) is 0 Å². The molecule has 20 heavy (non-hydrogen) atoms. The maximum absolute atomic E-state index is 11.8. The minimum Gasteiger partial charge on any atom is -0.368 e. The van der Waals surface area contributed by atoms with Crippen molar-refractivity contribution in [1.29, 1.82) is 0 Å². The topological polar surface area (TPSA) is 72.3 Å². The lowest BCUT2D eigenvalue weighted by Gasteiger charge is -2.32. The zero-order valence-electron chi connectivity index (χ0n) is 13.0. The molecule has 0 bridgehead atoms. The summed E-state index contributed by atoms with van der Waals surface area (Å²) in [6.45, 7) is 7.27. The maximum atomic E-state index is 11.8. The number of carbonyl (C=O) groups is 1. The summed E-state index contributed by atoms with van der Waals surface area (Å²) in [7, 11) is 2.05. The van der Waals surface area contributed by atoms with Crippen LogP contribution in [0.2, 0.25) is 0 Å². The summed E-state index contributed by atoms with van der Waals surface area (Å²) >= 11 is 0. The van der Waals surface area contributed by atoms with E-state index in [1.54, 1.807) is 0 Å². The first-order valence-corrected chi connectivity index (χ1v) is 7.13. The molecule has 1 rings (SSSR count). The molecular formula is C16H27N3O. The third-order valence-electron chi connectivity index (χ3n) is 4.25. The van der Waals surface area contributed by atoms with E-state index in [0.29, 0.717) is 18.4 Å². The van der Waals surface area contributed by atoms with Crippen LogP contribution in [-0.2, 0) is 10.3 Å². The van der Waals surface area contributed by atoms with Gasteiger partial charge >= 0.3 is 0 Å². The quantitative estimate of drug-likeness (QED) is 0.796. The van der Waals surface area contributed by atoms with Crippen LogP contribution >= 0.6 is 0 Å². The third-order valence-corrected chi connectivity index (χ3v) is 4.25. The smallest absolute Gasteiger partial charge is 0.242 e. The van der Waals surface area contributed by atoms with E-state index in [0.717, 1.165) is 12.1 Å². The summed E-state index contributed by atoms with van der Waals surface area (Å²) in [4.78, 5) is 14.0. The number of nitrogens with zero attached hydrogens (tertiary/aromatic N) is 1. The number of hydrogen-bond donors (Lipinski definition) is 2. The minimum atomic E-state index is -1.10. The summed E-state index contributed by atoms with van der Waals surface area (Å²) in [5.41, 5.74) is 11.5. The molecule has 0 radical (unpaired) electrons. The normalized spacial score (nSPS) is 16.1. The molecule has 2 atom stereocenters. The highest BCUT2D eigenvalue weighted by Gasteiger charge is 2.34. The molecule has 112 valence electrons. The van der Waals surface area contributed by atoms with Crippen molar-refractivity contribution < 1.29 is 4.79 Å². The molecule has 0 aliphatic carbocycles. The lowest BCUT2D eigenvalue weighted by molar-refractivity contribution is -0.123. The van der Waals surface area contributed by atoms with Crippen molar-refractivity contribution in [3.05, 3.63) is 35.9 Å². The van der Waals surface area contributed by atoms with E-state index in [1.807, 2.05) is 30.3 Å². The molecule has 0 aliphatic rings. The summed E-state index contributed by atoms with van der Waals surface area (Å²) in [6, 6.07) is 9.80. The third kappa shape index (κ3) is 3.81. The first kappa shape index (κ1) is 16.7. The lowest BCUT2D eigenvalue weighted by atomic mass is 9.86. The second-order valence-corrected chi connectivity index (χ2v) is 5.92. The highest BCUT2D eigenvalue weighted by atomic mass is 16.1. The molecule has 1 aromatic carbocycles. The van der Waals surface area contributed by atoms with Crippen molar-refractivity contribution in [2.24, 2.45) is 17.4 Å². The average Bonchev–Trinajstić information content (AvgIpc) is 2.44. The SMILES string of the molecule is CC(C)C(C)N(C)CCC(N)(C(N)=O)c1ccccc1. The van der Waals surface area contributed by atoms with Gasteiger partial charge in [-0.25, -0.2) is 0 Å². The van der Waals surface area contributed by atoms with Crippen LogP contribution in [-0.4, -0.2) is 30.4 Å². The fourth-order valence-electron chi connectivity index (χ4n) is 2.21. The molecule has 1 amide bonds. The number of hydrogen-bond acceptors (Lipinski definition) is 3. The van der Waals surface area contributed by atoms with Gasteiger partial charge in [0.1, 0.15) is 5.54 Å². The fraction of sp³-hybridized carbons (Fsp3) is 0.562. The molecule has 0 fully saturated rings. The lowest BCUT2D eigenvalue weighted by Crippen LogP contribution is -2.51. The fourth-order valence-corrected chi connectivity index (χ4v) is 2.21. The Labute approximate surface area is 122 Å². The molecule has 0 aliphatic heterocycles. The van der Waals surface area contributed by atoms with Gasteiger partial charge in [-0.2, -0.15) is 0 Å². The van der Waals surface area contributed by atoms with Crippen LogP contribution in [0.5, 0.6) is 0 Å². The summed E-state index contributed by atoms with van der Waals surface area (Å²) in [5, 5.41) is 0. The Hall–Kier alpha value is -1.39. The Balaban J connectivity index is 2.82. The van der Waals surface area contributed by atoms with E-state index in [-0.39, 0.29) is 0 Å². The highest BCUT2D eigenvalue weighted by molar-refractivity contribution is 5.85. The molecule has 0 heterocycles. The first-order chi connectivity index (χ1) is 9.29. The van der Waals surface area contributed by atoms with Crippen molar-refractivity contribution >= 4 is 5.91 Å². The number of carbonyl (C=O) groups excluding carboxylic acids is 1. The minimum absolute atomic E-state index is 0.433. The number of nitrogens with two attached hydrogens (primary N) is 2. The Morgan fingerprint density at radius 1 is 1.25 bits per heavy atom. The van der Waals surface area contributed by atoms with Crippen LogP contribution in [0.25, 0.3) is 0 Å². The summed E-state index contributed by atoms with van der Waals surface area (Å²) in [6.07, 6.45) is 0.514. The average molecular weight is 277 g/mol. The largest absolute Gasteiger partial charge is 0.368 e. The summed E-state index contributed by atoms with van der Waals surface area (Å²) in [5.74, 6) is 0.0757. The molecule has 4 N–H and O–H groups in total. The van der Waals surface area contributed by atoms with Crippen molar-refractivity contribution in [2.75, 3.05) is 13.6 Å². The van der Waals surface area contributed by atoms with Gasteiger partial charge in [0.2, 0.25) is 5.91 Å². The Morgan fingerprint density at radius 3 is 2.25 bits per heavy atom. The van der Waals surface area contributed by atoms with Gasteiger partial charge < -0.3 is 16.4 Å². The Morgan fingerprint density at radius 2 is 1.80 bits per heavy atom. The first-order valence-electron chi connectivity index (χ1n) is 7.13. The van der Waals surface area contributed by atoms with Crippen LogP contribution in [0.3, 0.4) is 0 Å². The number of primary amides is 1. The molecule has 2 unspecified atom stereocenters. The van der Waals surface area contributed by atoms with Gasteiger partial charge in [-0.05, 0) is 31.9 Å². The molecule has 4 nitrogen and oxygen atoms in total.